The molecule has 3 rings (SSSR count). The van der Waals surface area contributed by atoms with Gasteiger partial charge in [0.05, 0.1) is 4.90 Å². The maximum Gasteiger partial charge on any atom is 0.238 e. The number of nitrogens with two attached hydrogens (primary N) is 1. The largest absolute Gasteiger partial charge is 0.457 e. The van der Waals surface area contributed by atoms with Crippen molar-refractivity contribution in [3.05, 3.63) is 53.1 Å². The Morgan fingerprint density at radius 3 is 2.38 bits per heavy atom. The minimum absolute atomic E-state index is 0.129. The summed E-state index contributed by atoms with van der Waals surface area (Å²) in [6.45, 7) is 1.70. The average Bonchev–Trinajstić information content (AvgIpc) is 2.84. The number of hydrogen-bond acceptors (Lipinski definition) is 3. The Morgan fingerprint density at radius 1 is 1.00 bits per heavy atom. The fourth-order valence-electron chi connectivity index (χ4n) is 2.75. The predicted octanol–water partition coefficient (Wildman–Crippen LogP) is 2.92. The summed E-state index contributed by atoms with van der Waals surface area (Å²) in [4.78, 5) is 0.129. The van der Waals surface area contributed by atoms with E-state index in [9.17, 15) is 8.42 Å². The average molecular weight is 303 g/mol. The van der Waals surface area contributed by atoms with Gasteiger partial charge in [-0.25, -0.2) is 13.6 Å². The third-order valence-corrected chi connectivity index (χ3v) is 4.83. The van der Waals surface area contributed by atoms with Crippen molar-refractivity contribution in [1.82, 2.24) is 0 Å². The van der Waals surface area contributed by atoms with E-state index in [1.165, 1.54) is 23.6 Å². The highest BCUT2D eigenvalue weighted by Gasteiger charge is 2.14. The van der Waals surface area contributed by atoms with Crippen LogP contribution in [0.4, 0.5) is 0 Å². The van der Waals surface area contributed by atoms with Crippen molar-refractivity contribution in [3.8, 4) is 11.5 Å². The summed E-state index contributed by atoms with van der Waals surface area (Å²) in [7, 11) is -3.69. The molecule has 0 fully saturated rings. The molecule has 0 bridgehead atoms. The third kappa shape index (κ3) is 2.94. The molecule has 5 heteroatoms. The molecule has 0 saturated heterocycles. The van der Waals surface area contributed by atoms with Crippen LogP contribution in [0.3, 0.4) is 0 Å². The summed E-state index contributed by atoms with van der Waals surface area (Å²) in [6, 6.07) is 10.9. The van der Waals surface area contributed by atoms with E-state index < -0.39 is 10.0 Å². The van der Waals surface area contributed by atoms with Crippen LogP contribution in [0.2, 0.25) is 0 Å². The molecule has 0 spiro atoms. The molecule has 2 aromatic rings. The molecule has 0 atom stereocenters. The molecule has 1 aliphatic rings. The van der Waals surface area contributed by atoms with E-state index >= 15 is 0 Å². The predicted molar refractivity (Wildman–Crippen MR) is 81.1 cm³/mol. The monoisotopic (exact) mass is 303 g/mol. The molecule has 0 saturated carbocycles. The molecule has 0 aliphatic heterocycles. The first kappa shape index (κ1) is 14.1. The Morgan fingerprint density at radius 2 is 1.67 bits per heavy atom. The molecule has 1 aliphatic carbocycles. The Labute approximate surface area is 124 Å². The number of aryl methyl sites for hydroxylation is 3. The molecule has 0 amide bonds. The number of rotatable bonds is 3. The topological polar surface area (TPSA) is 69.4 Å². The molecule has 0 unspecified atom stereocenters. The fraction of sp³-hybridized carbons (Fsp3) is 0.250. The van der Waals surface area contributed by atoms with Crippen LogP contribution in [-0.2, 0) is 22.9 Å². The van der Waals surface area contributed by atoms with Crippen LogP contribution >= 0.6 is 0 Å². The second kappa shape index (κ2) is 5.16. The summed E-state index contributed by atoms with van der Waals surface area (Å²) in [5.41, 5.74) is 3.31. The molecular formula is C16H17NO3S. The standard InChI is InChI=1S/C16H17NO3S/c1-11-9-14(7-8-16(11)21(17,18)19)20-15-6-5-12-3-2-4-13(12)10-15/h5-10H,2-4H2,1H3,(H2,17,18,19). The van der Waals surface area contributed by atoms with Crippen molar-refractivity contribution in [1.29, 1.82) is 0 Å². The van der Waals surface area contributed by atoms with Gasteiger partial charge in [0.15, 0.2) is 0 Å². The molecule has 110 valence electrons. The third-order valence-electron chi connectivity index (χ3n) is 3.76. The fourth-order valence-corrected chi connectivity index (χ4v) is 3.52. The van der Waals surface area contributed by atoms with Crippen LogP contribution in [-0.4, -0.2) is 8.42 Å². The zero-order valence-electron chi connectivity index (χ0n) is 11.8. The Balaban J connectivity index is 1.87. The van der Waals surface area contributed by atoms with Crippen LogP contribution in [0.25, 0.3) is 0 Å². The van der Waals surface area contributed by atoms with Crippen molar-refractivity contribution in [2.45, 2.75) is 31.1 Å². The van der Waals surface area contributed by atoms with Gasteiger partial charge in [-0.15, -0.1) is 0 Å². The maximum atomic E-state index is 11.4. The number of hydrogen-bond donors (Lipinski definition) is 1. The lowest BCUT2D eigenvalue weighted by molar-refractivity contribution is 0.481. The highest BCUT2D eigenvalue weighted by Crippen LogP contribution is 2.30. The zero-order valence-corrected chi connectivity index (χ0v) is 12.6. The van der Waals surface area contributed by atoms with Gasteiger partial charge in [0, 0.05) is 0 Å². The van der Waals surface area contributed by atoms with E-state index in [-0.39, 0.29) is 4.90 Å². The van der Waals surface area contributed by atoms with Gasteiger partial charge in [0.25, 0.3) is 0 Å². The summed E-state index contributed by atoms with van der Waals surface area (Å²) < 4.78 is 28.6. The molecule has 21 heavy (non-hydrogen) atoms. The van der Waals surface area contributed by atoms with E-state index in [1.54, 1.807) is 19.1 Å². The summed E-state index contributed by atoms with van der Waals surface area (Å²) in [6.07, 6.45) is 3.43. The minimum atomic E-state index is -3.69. The Kier molecular flexibility index (Phi) is 3.47. The van der Waals surface area contributed by atoms with Crippen LogP contribution in [0.5, 0.6) is 11.5 Å². The molecule has 0 aromatic heterocycles. The molecule has 4 nitrogen and oxygen atoms in total. The van der Waals surface area contributed by atoms with Gasteiger partial charge in [0.1, 0.15) is 11.5 Å². The van der Waals surface area contributed by atoms with Crippen LogP contribution in [0.1, 0.15) is 23.1 Å². The van der Waals surface area contributed by atoms with Crippen molar-refractivity contribution >= 4 is 10.0 Å². The quantitative estimate of drug-likeness (QED) is 0.947. The van der Waals surface area contributed by atoms with Gasteiger partial charge >= 0.3 is 0 Å². The number of benzene rings is 2. The van der Waals surface area contributed by atoms with Gasteiger partial charge in [0.2, 0.25) is 10.0 Å². The van der Waals surface area contributed by atoms with Gasteiger partial charge in [-0.3, -0.25) is 0 Å². The second-order valence-electron chi connectivity index (χ2n) is 5.36. The number of fused-ring (bicyclic) bond motifs is 1. The smallest absolute Gasteiger partial charge is 0.238 e. The van der Waals surface area contributed by atoms with Crippen LogP contribution < -0.4 is 9.88 Å². The van der Waals surface area contributed by atoms with Gasteiger partial charge in [-0.2, -0.15) is 0 Å². The van der Waals surface area contributed by atoms with E-state index in [0.29, 0.717) is 11.3 Å². The van der Waals surface area contributed by atoms with Crippen molar-refractivity contribution in [2.24, 2.45) is 5.14 Å². The maximum absolute atomic E-state index is 11.4. The lowest BCUT2D eigenvalue weighted by Crippen LogP contribution is -2.13. The Bertz CT molecular complexity index is 797. The van der Waals surface area contributed by atoms with Gasteiger partial charge in [-0.05, 0) is 73.2 Å². The first-order chi connectivity index (χ1) is 9.93. The van der Waals surface area contributed by atoms with Crippen LogP contribution in [0, 0.1) is 6.92 Å². The normalized spacial score (nSPS) is 14.0. The Hall–Kier alpha value is -1.85. The zero-order chi connectivity index (χ0) is 15.0. The summed E-state index contributed by atoms with van der Waals surface area (Å²) >= 11 is 0. The number of primary sulfonamides is 1. The second-order valence-corrected chi connectivity index (χ2v) is 6.89. The minimum Gasteiger partial charge on any atom is -0.457 e. The van der Waals surface area contributed by atoms with Crippen molar-refractivity contribution < 1.29 is 13.2 Å². The molecule has 2 aromatic carbocycles. The van der Waals surface area contributed by atoms with E-state index in [1.807, 2.05) is 6.07 Å². The lowest BCUT2D eigenvalue weighted by Gasteiger charge is -2.10. The van der Waals surface area contributed by atoms with E-state index in [0.717, 1.165) is 18.6 Å². The summed E-state index contributed by atoms with van der Waals surface area (Å²) in [5, 5.41) is 5.15. The van der Waals surface area contributed by atoms with Crippen LogP contribution in [0.15, 0.2) is 41.3 Å². The molecular weight excluding hydrogens is 286 g/mol. The number of sulfonamides is 1. The van der Waals surface area contributed by atoms with E-state index in [4.69, 9.17) is 9.88 Å². The molecule has 0 heterocycles. The highest BCUT2D eigenvalue weighted by atomic mass is 32.2. The summed E-state index contributed by atoms with van der Waals surface area (Å²) in [5.74, 6) is 1.39. The van der Waals surface area contributed by atoms with Crippen molar-refractivity contribution in [3.63, 3.8) is 0 Å². The lowest BCUT2D eigenvalue weighted by atomic mass is 10.1. The van der Waals surface area contributed by atoms with E-state index in [2.05, 4.69) is 12.1 Å². The number of ether oxygens (including phenoxy) is 1. The SMILES string of the molecule is Cc1cc(Oc2ccc3c(c2)CCC3)ccc1S(N)(=O)=O. The molecule has 2 N–H and O–H groups in total. The van der Waals surface area contributed by atoms with Gasteiger partial charge in [-0.1, -0.05) is 6.07 Å². The first-order valence-corrected chi connectivity index (χ1v) is 8.41. The molecule has 0 radical (unpaired) electrons. The first-order valence-electron chi connectivity index (χ1n) is 6.86. The highest BCUT2D eigenvalue weighted by molar-refractivity contribution is 7.89. The van der Waals surface area contributed by atoms with Gasteiger partial charge < -0.3 is 4.74 Å². The van der Waals surface area contributed by atoms with Crippen molar-refractivity contribution in [2.75, 3.05) is 0 Å².